The molecule has 0 aliphatic heterocycles. The van der Waals surface area contributed by atoms with Gasteiger partial charge < -0.3 is 14.8 Å². The van der Waals surface area contributed by atoms with Crippen molar-refractivity contribution in [3.63, 3.8) is 0 Å². The highest BCUT2D eigenvalue weighted by molar-refractivity contribution is 7.15. The Morgan fingerprint density at radius 1 is 1.11 bits per heavy atom. The van der Waals surface area contributed by atoms with Crippen LogP contribution in [0.2, 0.25) is 0 Å². The zero-order valence-corrected chi connectivity index (χ0v) is 20.4. The number of benzene rings is 1. The Balaban J connectivity index is 1.52. The Bertz CT molecular complexity index is 1410. The summed E-state index contributed by atoms with van der Waals surface area (Å²) >= 11 is 1.18. The van der Waals surface area contributed by atoms with Crippen molar-refractivity contribution >= 4 is 40.0 Å². The normalized spacial score (nSPS) is 11.8. The second kappa shape index (κ2) is 10.0. The fourth-order valence-electron chi connectivity index (χ4n) is 3.42. The van der Waals surface area contributed by atoms with E-state index >= 15 is 0 Å². The first-order chi connectivity index (χ1) is 16.8. The standard InChI is InChI=1S/C24H23N5O5S/c1-5-33-22(31)18-17(16-9-7-6-8-10-16)12-35-21(18)27-20(30)15(4)34-23(32)19-26-24-25-13(2)11-14(3)29(24)28-19/h6-12,15H,5H2,1-4H3,(H,27,30). The predicted molar refractivity (Wildman–Crippen MR) is 129 cm³/mol. The average Bonchev–Trinajstić information content (AvgIpc) is 3.44. The van der Waals surface area contributed by atoms with Crippen LogP contribution < -0.4 is 5.32 Å². The van der Waals surface area contributed by atoms with Gasteiger partial charge in [0, 0.05) is 22.3 Å². The van der Waals surface area contributed by atoms with Crippen molar-refractivity contribution in [3.05, 3.63) is 64.6 Å². The van der Waals surface area contributed by atoms with E-state index in [2.05, 4.69) is 20.4 Å². The number of esters is 2. The molecule has 0 fully saturated rings. The van der Waals surface area contributed by atoms with Crippen molar-refractivity contribution in [1.82, 2.24) is 19.6 Å². The molecule has 3 aromatic heterocycles. The molecule has 0 saturated heterocycles. The first kappa shape index (κ1) is 24.0. The maximum absolute atomic E-state index is 12.8. The highest BCUT2D eigenvalue weighted by atomic mass is 32.1. The molecule has 1 N–H and O–H groups in total. The number of aryl methyl sites for hydroxylation is 2. The van der Waals surface area contributed by atoms with Crippen molar-refractivity contribution in [2.75, 3.05) is 11.9 Å². The zero-order valence-electron chi connectivity index (χ0n) is 19.6. The lowest BCUT2D eigenvalue weighted by Gasteiger charge is -2.13. The van der Waals surface area contributed by atoms with E-state index in [1.807, 2.05) is 44.2 Å². The number of nitrogens with one attached hydrogen (secondary N) is 1. The number of ether oxygens (including phenoxy) is 2. The number of anilines is 1. The summed E-state index contributed by atoms with van der Waals surface area (Å²) in [4.78, 5) is 46.5. The molecule has 1 unspecified atom stereocenters. The van der Waals surface area contributed by atoms with Crippen LogP contribution in [0, 0.1) is 13.8 Å². The zero-order chi connectivity index (χ0) is 25.1. The summed E-state index contributed by atoms with van der Waals surface area (Å²) in [7, 11) is 0. The summed E-state index contributed by atoms with van der Waals surface area (Å²) < 4.78 is 11.9. The Labute approximate surface area is 204 Å². The van der Waals surface area contributed by atoms with Crippen LogP contribution in [0.25, 0.3) is 16.9 Å². The van der Waals surface area contributed by atoms with Crippen molar-refractivity contribution < 1.29 is 23.9 Å². The Morgan fingerprint density at radius 2 is 1.86 bits per heavy atom. The number of rotatable bonds is 7. The number of carbonyl (C=O) groups excluding carboxylic acids is 3. The van der Waals surface area contributed by atoms with Crippen molar-refractivity contribution in [2.24, 2.45) is 0 Å². The number of hydrogen-bond acceptors (Lipinski definition) is 9. The minimum atomic E-state index is -1.18. The van der Waals surface area contributed by atoms with Gasteiger partial charge in [-0.3, -0.25) is 4.79 Å². The molecule has 0 aliphatic rings. The summed E-state index contributed by atoms with van der Waals surface area (Å²) in [6, 6.07) is 11.1. The monoisotopic (exact) mass is 493 g/mol. The number of hydrogen-bond donors (Lipinski definition) is 1. The fourth-order valence-corrected chi connectivity index (χ4v) is 4.38. The molecule has 4 aromatic rings. The molecule has 1 amide bonds. The second-order valence-electron chi connectivity index (χ2n) is 7.66. The summed E-state index contributed by atoms with van der Waals surface area (Å²) in [5, 5.41) is 8.88. The molecule has 0 aliphatic carbocycles. The molecular weight excluding hydrogens is 470 g/mol. The fraction of sp³-hybridized carbons (Fsp3) is 0.250. The molecule has 1 atom stereocenters. The molecule has 0 bridgehead atoms. The third-order valence-electron chi connectivity index (χ3n) is 5.05. The molecular formula is C24H23N5O5S. The Hall–Kier alpha value is -4.12. The van der Waals surface area contributed by atoms with Gasteiger partial charge in [-0.2, -0.15) is 4.98 Å². The third-order valence-corrected chi connectivity index (χ3v) is 5.94. The summed E-state index contributed by atoms with van der Waals surface area (Å²) in [6.07, 6.45) is -1.18. The van der Waals surface area contributed by atoms with Gasteiger partial charge in [-0.25, -0.2) is 19.1 Å². The van der Waals surface area contributed by atoms with Gasteiger partial charge in [-0.05, 0) is 39.3 Å². The number of carbonyl (C=O) groups is 3. The van der Waals surface area contributed by atoms with E-state index < -0.39 is 23.9 Å². The molecule has 11 heteroatoms. The molecule has 0 spiro atoms. The van der Waals surface area contributed by atoms with Crippen molar-refractivity contribution in [3.8, 4) is 11.1 Å². The Kier molecular flexibility index (Phi) is 6.87. The van der Waals surface area contributed by atoms with Crippen LogP contribution in [0.5, 0.6) is 0 Å². The average molecular weight is 494 g/mol. The molecule has 0 saturated carbocycles. The molecule has 3 heterocycles. The molecule has 0 radical (unpaired) electrons. The van der Waals surface area contributed by atoms with E-state index in [0.29, 0.717) is 10.6 Å². The van der Waals surface area contributed by atoms with E-state index in [-0.39, 0.29) is 23.8 Å². The highest BCUT2D eigenvalue weighted by Crippen LogP contribution is 2.36. The first-order valence-electron chi connectivity index (χ1n) is 10.8. The maximum atomic E-state index is 12.8. The van der Waals surface area contributed by atoms with Crippen LogP contribution in [0.4, 0.5) is 5.00 Å². The smallest absolute Gasteiger partial charge is 0.379 e. The van der Waals surface area contributed by atoms with E-state index in [4.69, 9.17) is 9.47 Å². The van der Waals surface area contributed by atoms with Crippen LogP contribution >= 0.6 is 11.3 Å². The summed E-state index contributed by atoms with van der Waals surface area (Å²) in [6.45, 7) is 6.94. The first-order valence-corrected chi connectivity index (χ1v) is 11.7. The molecule has 10 nitrogen and oxygen atoms in total. The van der Waals surface area contributed by atoms with Crippen LogP contribution in [0.15, 0.2) is 41.8 Å². The molecule has 180 valence electrons. The largest absolute Gasteiger partial charge is 0.462 e. The van der Waals surface area contributed by atoms with Crippen molar-refractivity contribution in [2.45, 2.75) is 33.8 Å². The minimum absolute atomic E-state index is 0.185. The third kappa shape index (κ3) is 5.04. The minimum Gasteiger partial charge on any atom is -0.462 e. The maximum Gasteiger partial charge on any atom is 0.379 e. The van der Waals surface area contributed by atoms with Gasteiger partial charge in [0.15, 0.2) is 6.10 Å². The topological polar surface area (TPSA) is 125 Å². The lowest BCUT2D eigenvalue weighted by molar-refractivity contribution is -0.123. The number of amides is 1. The van der Waals surface area contributed by atoms with Gasteiger partial charge in [0.05, 0.1) is 6.61 Å². The summed E-state index contributed by atoms with van der Waals surface area (Å²) in [5.74, 6) is -1.98. The van der Waals surface area contributed by atoms with E-state index in [9.17, 15) is 14.4 Å². The van der Waals surface area contributed by atoms with Crippen LogP contribution in [0.3, 0.4) is 0 Å². The lowest BCUT2D eigenvalue weighted by Crippen LogP contribution is -2.30. The van der Waals surface area contributed by atoms with Crippen molar-refractivity contribution in [1.29, 1.82) is 0 Å². The number of aromatic nitrogens is 4. The van der Waals surface area contributed by atoms with E-state index in [0.717, 1.165) is 17.0 Å². The second-order valence-corrected chi connectivity index (χ2v) is 8.54. The van der Waals surface area contributed by atoms with Crippen LogP contribution in [-0.2, 0) is 14.3 Å². The quantitative estimate of drug-likeness (QED) is 0.385. The van der Waals surface area contributed by atoms with E-state index in [1.165, 1.54) is 22.8 Å². The molecule has 35 heavy (non-hydrogen) atoms. The summed E-state index contributed by atoms with van der Waals surface area (Å²) in [5.41, 5.74) is 3.18. The van der Waals surface area contributed by atoms with Gasteiger partial charge in [-0.15, -0.1) is 16.4 Å². The van der Waals surface area contributed by atoms with Gasteiger partial charge >= 0.3 is 11.9 Å². The van der Waals surface area contributed by atoms with Gasteiger partial charge in [0.2, 0.25) is 0 Å². The van der Waals surface area contributed by atoms with E-state index in [1.54, 1.807) is 18.4 Å². The van der Waals surface area contributed by atoms with Crippen LogP contribution in [-0.4, -0.2) is 50.1 Å². The van der Waals surface area contributed by atoms with Gasteiger partial charge in [0.25, 0.3) is 17.5 Å². The Morgan fingerprint density at radius 3 is 2.57 bits per heavy atom. The number of nitrogens with zero attached hydrogens (tertiary/aromatic N) is 4. The number of fused-ring (bicyclic) bond motifs is 1. The lowest BCUT2D eigenvalue weighted by atomic mass is 10.0. The molecule has 1 aromatic carbocycles. The predicted octanol–water partition coefficient (Wildman–Crippen LogP) is 3.83. The van der Waals surface area contributed by atoms with Gasteiger partial charge in [-0.1, -0.05) is 30.3 Å². The highest BCUT2D eigenvalue weighted by Gasteiger charge is 2.27. The molecule has 4 rings (SSSR count). The SMILES string of the molecule is CCOC(=O)c1c(-c2ccccc2)csc1NC(=O)C(C)OC(=O)c1nc2nc(C)cc(C)n2n1. The number of thiophene rings is 1. The van der Waals surface area contributed by atoms with Gasteiger partial charge in [0.1, 0.15) is 10.6 Å². The van der Waals surface area contributed by atoms with Crippen LogP contribution in [0.1, 0.15) is 46.2 Å².